The van der Waals surface area contributed by atoms with Crippen molar-refractivity contribution in [2.45, 2.75) is 0 Å². The van der Waals surface area contributed by atoms with Crippen molar-refractivity contribution in [3.05, 3.63) is 46.4 Å². The van der Waals surface area contributed by atoms with Crippen LogP contribution in [0.5, 0.6) is 5.75 Å². The Hall–Kier alpha value is -2.50. The van der Waals surface area contributed by atoms with Crippen molar-refractivity contribution in [1.29, 1.82) is 0 Å². The van der Waals surface area contributed by atoms with Crippen LogP contribution in [0.3, 0.4) is 0 Å². The summed E-state index contributed by atoms with van der Waals surface area (Å²) < 4.78 is 6.20. The number of nitrogens with zero attached hydrogens (tertiary/aromatic N) is 1. The zero-order valence-electron chi connectivity index (χ0n) is 9.01. The molecule has 1 aromatic carbocycles. The third-order valence-corrected chi connectivity index (χ3v) is 2.28. The number of aromatic amines is 1. The lowest BCUT2D eigenvalue weighted by Gasteiger charge is -2.06. The van der Waals surface area contributed by atoms with Crippen LogP contribution >= 0.6 is 0 Å². The number of rotatable bonds is 3. The molecule has 0 radical (unpaired) electrons. The molecule has 0 unspecified atom stereocenters. The summed E-state index contributed by atoms with van der Waals surface area (Å²) in [5.41, 5.74) is -0.0244. The van der Waals surface area contributed by atoms with Crippen LogP contribution in [-0.4, -0.2) is 28.0 Å². The van der Waals surface area contributed by atoms with Gasteiger partial charge in [0.05, 0.1) is 12.8 Å². The normalized spacial score (nSPS) is 10.2. The molecule has 0 aliphatic heterocycles. The van der Waals surface area contributed by atoms with Crippen molar-refractivity contribution >= 4 is 5.97 Å². The Kier molecular flexibility index (Phi) is 2.70. The zero-order valence-corrected chi connectivity index (χ0v) is 9.01. The summed E-state index contributed by atoms with van der Waals surface area (Å²) in [6, 6.07) is 7.70. The summed E-state index contributed by atoms with van der Waals surface area (Å²) in [7, 11) is 1.54. The maximum Gasteiger partial charge on any atom is 0.354 e. The highest BCUT2D eigenvalue weighted by Gasteiger charge is 2.12. The summed E-state index contributed by atoms with van der Waals surface area (Å²) in [4.78, 5) is 22.1. The molecule has 2 aromatic rings. The average Bonchev–Trinajstić information content (AvgIpc) is 2.72. The van der Waals surface area contributed by atoms with Crippen molar-refractivity contribution in [2.75, 3.05) is 7.11 Å². The van der Waals surface area contributed by atoms with E-state index in [2.05, 4.69) is 5.10 Å². The Balaban J connectivity index is 2.51. The smallest absolute Gasteiger partial charge is 0.354 e. The van der Waals surface area contributed by atoms with Gasteiger partial charge >= 0.3 is 5.97 Å². The van der Waals surface area contributed by atoms with Gasteiger partial charge in [0.25, 0.3) is 5.56 Å². The van der Waals surface area contributed by atoms with Crippen molar-refractivity contribution in [1.82, 2.24) is 9.78 Å². The minimum atomic E-state index is -1.17. The fourth-order valence-corrected chi connectivity index (χ4v) is 1.48. The summed E-state index contributed by atoms with van der Waals surface area (Å²) in [5, 5.41) is 11.4. The molecule has 6 nitrogen and oxygen atoms in total. The van der Waals surface area contributed by atoms with Crippen LogP contribution in [0.15, 0.2) is 35.1 Å². The Labute approximate surface area is 96.1 Å². The number of hydrogen-bond donors (Lipinski definition) is 2. The lowest BCUT2D eigenvalue weighted by Crippen LogP contribution is -2.08. The maximum atomic E-state index is 11.1. The van der Waals surface area contributed by atoms with Gasteiger partial charge in [-0.25, -0.2) is 9.48 Å². The summed E-state index contributed by atoms with van der Waals surface area (Å²) in [6.45, 7) is 0. The maximum absolute atomic E-state index is 11.1. The number of H-pyrrole nitrogens is 1. The lowest BCUT2D eigenvalue weighted by atomic mass is 10.3. The molecule has 1 aromatic heterocycles. The first-order valence-corrected chi connectivity index (χ1v) is 4.81. The molecule has 0 atom stereocenters. The van der Waals surface area contributed by atoms with E-state index in [0.29, 0.717) is 11.4 Å². The van der Waals surface area contributed by atoms with Gasteiger partial charge in [0.1, 0.15) is 5.75 Å². The Morgan fingerprint density at radius 1 is 1.35 bits per heavy atom. The average molecular weight is 234 g/mol. The van der Waals surface area contributed by atoms with E-state index >= 15 is 0 Å². The van der Waals surface area contributed by atoms with E-state index in [1.807, 2.05) is 0 Å². The van der Waals surface area contributed by atoms with E-state index in [1.165, 1.54) is 11.8 Å². The molecule has 0 saturated carbocycles. The molecule has 0 aliphatic rings. The molecule has 88 valence electrons. The molecule has 17 heavy (non-hydrogen) atoms. The van der Waals surface area contributed by atoms with Crippen LogP contribution in [0.25, 0.3) is 5.69 Å². The number of methoxy groups -OCH3 is 1. The number of carboxylic acids is 1. The Bertz CT molecular complexity index is 595. The highest BCUT2D eigenvalue weighted by Crippen LogP contribution is 2.15. The number of benzene rings is 1. The predicted molar refractivity (Wildman–Crippen MR) is 59.9 cm³/mol. The second-order valence-corrected chi connectivity index (χ2v) is 3.34. The summed E-state index contributed by atoms with van der Waals surface area (Å²) in [6.07, 6.45) is 0. The molecule has 6 heteroatoms. The second kappa shape index (κ2) is 4.17. The molecule has 0 fully saturated rings. The van der Waals surface area contributed by atoms with Crippen LogP contribution in [0.4, 0.5) is 0 Å². The summed E-state index contributed by atoms with van der Waals surface area (Å²) >= 11 is 0. The fraction of sp³-hybridized carbons (Fsp3) is 0.0909. The lowest BCUT2D eigenvalue weighted by molar-refractivity contribution is 0.0687. The van der Waals surface area contributed by atoms with Gasteiger partial charge in [0.2, 0.25) is 0 Å². The Morgan fingerprint density at radius 2 is 2.00 bits per heavy atom. The third-order valence-electron chi connectivity index (χ3n) is 2.28. The molecule has 2 rings (SSSR count). The number of carbonyl (C=O) groups is 1. The first-order chi connectivity index (χ1) is 8.11. The van der Waals surface area contributed by atoms with Gasteiger partial charge in [-0.1, -0.05) is 0 Å². The number of ether oxygens (including phenoxy) is 1. The minimum Gasteiger partial charge on any atom is -0.497 e. The van der Waals surface area contributed by atoms with Gasteiger partial charge in [0, 0.05) is 6.07 Å². The van der Waals surface area contributed by atoms with Crippen LogP contribution in [0.2, 0.25) is 0 Å². The summed E-state index contributed by atoms with van der Waals surface area (Å²) in [5.74, 6) is -0.515. The van der Waals surface area contributed by atoms with E-state index in [0.717, 1.165) is 6.07 Å². The third kappa shape index (κ3) is 2.05. The number of carboxylic acid groups (broad SMARTS) is 1. The van der Waals surface area contributed by atoms with Crippen molar-refractivity contribution in [2.24, 2.45) is 0 Å². The van der Waals surface area contributed by atoms with Crippen molar-refractivity contribution in [3.8, 4) is 11.4 Å². The fourth-order valence-electron chi connectivity index (χ4n) is 1.48. The number of nitrogens with one attached hydrogen (secondary N) is 1. The molecule has 0 bridgehead atoms. The van der Waals surface area contributed by atoms with Gasteiger partial charge in [-0.15, -0.1) is 0 Å². The molecular formula is C11H10N2O4. The predicted octanol–water partition coefficient (Wildman–Crippen LogP) is 0.872. The second-order valence-electron chi connectivity index (χ2n) is 3.34. The van der Waals surface area contributed by atoms with Crippen LogP contribution < -0.4 is 10.3 Å². The zero-order chi connectivity index (χ0) is 12.4. The SMILES string of the molecule is COc1ccc(-n2[nH]c(=O)cc2C(=O)O)cc1. The van der Waals surface area contributed by atoms with Gasteiger partial charge in [0.15, 0.2) is 5.69 Å². The van der Waals surface area contributed by atoms with E-state index in [1.54, 1.807) is 24.3 Å². The van der Waals surface area contributed by atoms with Gasteiger partial charge in [-0.2, -0.15) is 0 Å². The molecular weight excluding hydrogens is 224 g/mol. The van der Waals surface area contributed by atoms with Gasteiger partial charge in [-0.05, 0) is 24.3 Å². The largest absolute Gasteiger partial charge is 0.497 e. The number of aromatic carboxylic acids is 1. The number of aromatic nitrogens is 2. The first-order valence-electron chi connectivity index (χ1n) is 4.81. The van der Waals surface area contributed by atoms with Crippen LogP contribution in [0.1, 0.15) is 10.5 Å². The van der Waals surface area contributed by atoms with E-state index in [4.69, 9.17) is 9.84 Å². The highest BCUT2D eigenvalue weighted by molar-refractivity contribution is 5.86. The Morgan fingerprint density at radius 3 is 2.53 bits per heavy atom. The van der Waals surface area contributed by atoms with E-state index < -0.39 is 11.5 Å². The monoisotopic (exact) mass is 234 g/mol. The highest BCUT2D eigenvalue weighted by atomic mass is 16.5. The standard InChI is InChI=1S/C11H10N2O4/c1-17-8-4-2-7(3-5-8)13-9(11(15)16)6-10(14)12-13/h2-6H,1H3,(H,12,14)(H,15,16). The van der Waals surface area contributed by atoms with Crippen LogP contribution in [0, 0.1) is 0 Å². The molecule has 2 N–H and O–H groups in total. The van der Waals surface area contributed by atoms with E-state index in [9.17, 15) is 9.59 Å². The molecule has 0 amide bonds. The molecule has 0 aliphatic carbocycles. The van der Waals surface area contributed by atoms with Crippen molar-refractivity contribution < 1.29 is 14.6 Å². The first kappa shape index (κ1) is 11.0. The van der Waals surface area contributed by atoms with Crippen molar-refractivity contribution in [3.63, 3.8) is 0 Å². The van der Waals surface area contributed by atoms with Gasteiger partial charge < -0.3 is 9.84 Å². The topological polar surface area (TPSA) is 84.3 Å². The molecule has 0 saturated heterocycles. The quantitative estimate of drug-likeness (QED) is 0.825. The number of hydrogen-bond acceptors (Lipinski definition) is 3. The molecule has 1 heterocycles. The van der Waals surface area contributed by atoms with E-state index in [-0.39, 0.29) is 5.69 Å². The van der Waals surface area contributed by atoms with Gasteiger partial charge in [-0.3, -0.25) is 9.89 Å². The van der Waals surface area contributed by atoms with Crippen LogP contribution in [-0.2, 0) is 0 Å². The molecule has 0 spiro atoms. The minimum absolute atomic E-state index is 0.111.